The second kappa shape index (κ2) is 5.78. The van der Waals surface area contributed by atoms with E-state index in [1.54, 1.807) is 18.3 Å². The van der Waals surface area contributed by atoms with E-state index in [2.05, 4.69) is 11.9 Å². The molecule has 0 aliphatic carbocycles. The van der Waals surface area contributed by atoms with E-state index < -0.39 is 0 Å². The minimum absolute atomic E-state index is 0.136. The minimum atomic E-state index is -0.136. The lowest BCUT2D eigenvalue weighted by Gasteiger charge is -2.04. The number of pyridine rings is 1. The molecule has 1 aromatic heterocycles. The van der Waals surface area contributed by atoms with Gasteiger partial charge in [0, 0.05) is 11.8 Å². The summed E-state index contributed by atoms with van der Waals surface area (Å²) >= 11 is 5.97. The van der Waals surface area contributed by atoms with Crippen molar-refractivity contribution in [1.82, 2.24) is 4.98 Å². The first-order valence-corrected chi connectivity index (χ1v) is 6.34. The maximum absolute atomic E-state index is 12.2. The van der Waals surface area contributed by atoms with Crippen LogP contribution in [0.25, 0.3) is 0 Å². The Morgan fingerprint density at radius 3 is 2.56 bits per heavy atom. The summed E-state index contributed by atoms with van der Waals surface area (Å²) in [7, 11) is 0. The summed E-state index contributed by atoms with van der Waals surface area (Å²) in [6, 6.07) is 11.0. The van der Waals surface area contributed by atoms with Crippen LogP contribution in [0.2, 0.25) is 5.02 Å². The molecule has 2 rings (SSSR count). The molecule has 0 saturated heterocycles. The van der Waals surface area contributed by atoms with Crippen molar-refractivity contribution in [2.75, 3.05) is 0 Å². The number of carbonyl (C=O) groups excluding carboxylic acids is 1. The van der Waals surface area contributed by atoms with E-state index >= 15 is 0 Å². The van der Waals surface area contributed by atoms with Crippen molar-refractivity contribution in [3.8, 4) is 0 Å². The summed E-state index contributed by atoms with van der Waals surface area (Å²) < 4.78 is 0. The maximum atomic E-state index is 12.2. The molecule has 0 radical (unpaired) electrons. The van der Waals surface area contributed by atoms with Gasteiger partial charge in [-0.1, -0.05) is 49.2 Å². The largest absolute Gasteiger partial charge is 0.287 e. The van der Waals surface area contributed by atoms with Crippen LogP contribution in [0, 0.1) is 0 Å². The summed E-state index contributed by atoms with van der Waals surface area (Å²) in [5, 5.41) is 0.389. The number of benzene rings is 1. The van der Waals surface area contributed by atoms with Gasteiger partial charge in [0.2, 0.25) is 5.78 Å². The first kappa shape index (κ1) is 12.8. The van der Waals surface area contributed by atoms with Gasteiger partial charge in [-0.15, -0.1) is 0 Å². The van der Waals surface area contributed by atoms with E-state index in [0.29, 0.717) is 16.3 Å². The fourth-order valence-corrected chi connectivity index (χ4v) is 2.01. The van der Waals surface area contributed by atoms with E-state index in [0.717, 1.165) is 12.8 Å². The van der Waals surface area contributed by atoms with Crippen LogP contribution in [-0.4, -0.2) is 10.8 Å². The molecule has 0 spiro atoms. The topological polar surface area (TPSA) is 30.0 Å². The van der Waals surface area contributed by atoms with Crippen LogP contribution in [0.5, 0.6) is 0 Å². The Kier molecular flexibility index (Phi) is 4.11. The molecular formula is C15H14ClNO. The molecule has 3 heteroatoms. The second-order valence-corrected chi connectivity index (χ2v) is 4.52. The van der Waals surface area contributed by atoms with Crippen LogP contribution in [0.3, 0.4) is 0 Å². The zero-order chi connectivity index (χ0) is 13.0. The van der Waals surface area contributed by atoms with E-state index in [-0.39, 0.29) is 5.78 Å². The number of hydrogen-bond donors (Lipinski definition) is 0. The summed E-state index contributed by atoms with van der Waals surface area (Å²) in [5.74, 6) is -0.136. The molecule has 0 N–H and O–H groups in total. The number of aryl methyl sites for hydroxylation is 1. The van der Waals surface area contributed by atoms with Gasteiger partial charge in [-0.2, -0.15) is 0 Å². The van der Waals surface area contributed by atoms with Crippen molar-refractivity contribution in [2.24, 2.45) is 0 Å². The molecule has 0 amide bonds. The van der Waals surface area contributed by atoms with E-state index in [1.807, 2.05) is 24.3 Å². The normalized spacial score (nSPS) is 10.3. The SMILES string of the molecule is CCCc1ccc(C(=O)c2ncccc2Cl)cc1. The Bertz CT molecular complexity index is 549. The van der Waals surface area contributed by atoms with Gasteiger partial charge in [0.15, 0.2) is 0 Å². The highest BCUT2D eigenvalue weighted by Crippen LogP contribution is 2.17. The first-order chi connectivity index (χ1) is 8.72. The van der Waals surface area contributed by atoms with Crippen LogP contribution >= 0.6 is 11.6 Å². The van der Waals surface area contributed by atoms with Crippen LogP contribution in [0.1, 0.15) is 35.0 Å². The van der Waals surface area contributed by atoms with Gasteiger partial charge in [-0.05, 0) is 24.1 Å². The predicted molar refractivity (Wildman–Crippen MR) is 73.1 cm³/mol. The number of hydrogen-bond acceptors (Lipinski definition) is 2. The van der Waals surface area contributed by atoms with Crippen molar-refractivity contribution in [2.45, 2.75) is 19.8 Å². The molecule has 2 nitrogen and oxygen atoms in total. The zero-order valence-electron chi connectivity index (χ0n) is 10.2. The van der Waals surface area contributed by atoms with E-state index in [9.17, 15) is 4.79 Å². The molecular weight excluding hydrogens is 246 g/mol. The fraction of sp³-hybridized carbons (Fsp3) is 0.200. The van der Waals surface area contributed by atoms with Crippen LogP contribution in [0.15, 0.2) is 42.6 Å². The van der Waals surface area contributed by atoms with Gasteiger partial charge >= 0.3 is 0 Å². The lowest BCUT2D eigenvalue weighted by molar-refractivity contribution is 0.103. The number of carbonyl (C=O) groups is 1. The Morgan fingerprint density at radius 1 is 1.22 bits per heavy atom. The third-order valence-corrected chi connectivity index (χ3v) is 3.03. The molecule has 0 atom stereocenters. The molecule has 0 unspecified atom stereocenters. The number of nitrogens with zero attached hydrogens (tertiary/aromatic N) is 1. The highest BCUT2D eigenvalue weighted by atomic mass is 35.5. The molecule has 0 fully saturated rings. The number of halogens is 1. The van der Waals surface area contributed by atoms with Crippen LogP contribution in [0.4, 0.5) is 0 Å². The molecule has 2 aromatic rings. The highest BCUT2D eigenvalue weighted by Gasteiger charge is 2.13. The van der Waals surface area contributed by atoms with Crippen molar-refractivity contribution in [3.05, 3.63) is 64.4 Å². The van der Waals surface area contributed by atoms with Gasteiger partial charge in [0.25, 0.3) is 0 Å². The maximum Gasteiger partial charge on any atom is 0.212 e. The van der Waals surface area contributed by atoms with Crippen molar-refractivity contribution in [3.63, 3.8) is 0 Å². The highest BCUT2D eigenvalue weighted by molar-refractivity contribution is 6.34. The molecule has 0 aliphatic heterocycles. The number of ketones is 1. The Hall–Kier alpha value is -1.67. The number of rotatable bonds is 4. The Morgan fingerprint density at radius 2 is 1.94 bits per heavy atom. The first-order valence-electron chi connectivity index (χ1n) is 5.96. The summed E-state index contributed by atoms with van der Waals surface area (Å²) in [6.45, 7) is 2.13. The Labute approximate surface area is 112 Å². The van der Waals surface area contributed by atoms with Gasteiger partial charge in [-0.3, -0.25) is 9.78 Å². The second-order valence-electron chi connectivity index (χ2n) is 4.11. The van der Waals surface area contributed by atoms with Crippen molar-refractivity contribution >= 4 is 17.4 Å². The average molecular weight is 260 g/mol. The summed E-state index contributed by atoms with van der Waals surface area (Å²) in [6.07, 6.45) is 3.70. The fourth-order valence-electron chi connectivity index (χ4n) is 1.80. The van der Waals surface area contributed by atoms with Gasteiger partial charge < -0.3 is 0 Å². The third-order valence-electron chi connectivity index (χ3n) is 2.73. The standard InChI is InChI=1S/C15H14ClNO/c1-2-4-11-6-8-12(9-7-11)15(18)14-13(16)5-3-10-17-14/h3,5-10H,2,4H2,1H3. The molecule has 92 valence electrons. The lowest BCUT2D eigenvalue weighted by Crippen LogP contribution is -2.04. The smallest absolute Gasteiger partial charge is 0.212 e. The molecule has 0 aliphatic rings. The van der Waals surface area contributed by atoms with Gasteiger partial charge in [-0.25, -0.2) is 0 Å². The van der Waals surface area contributed by atoms with E-state index in [4.69, 9.17) is 11.6 Å². The predicted octanol–water partition coefficient (Wildman–Crippen LogP) is 3.92. The summed E-state index contributed by atoms with van der Waals surface area (Å²) in [5.41, 5.74) is 2.17. The van der Waals surface area contributed by atoms with Crippen LogP contribution < -0.4 is 0 Å². The number of aromatic nitrogens is 1. The van der Waals surface area contributed by atoms with Gasteiger partial charge in [0.1, 0.15) is 5.69 Å². The zero-order valence-corrected chi connectivity index (χ0v) is 10.9. The molecule has 0 bridgehead atoms. The van der Waals surface area contributed by atoms with Crippen LogP contribution in [-0.2, 0) is 6.42 Å². The molecule has 0 saturated carbocycles. The third kappa shape index (κ3) is 2.77. The quantitative estimate of drug-likeness (QED) is 0.779. The minimum Gasteiger partial charge on any atom is -0.287 e. The molecule has 1 aromatic carbocycles. The lowest BCUT2D eigenvalue weighted by atomic mass is 10.0. The summed E-state index contributed by atoms with van der Waals surface area (Å²) in [4.78, 5) is 16.2. The van der Waals surface area contributed by atoms with E-state index in [1.165, 1.54) is 5.56 Å². The van der Waals surface area contributed by atoms with Gasteiger partial charge in [0.05, 0.1) is 5.02 Å². The average Bonchev–Trinajstić information content (AvgIpc) is 2.40. The van der Waals surface area contributed by atoms with Crippen molar-refractivity contribution < 1.29 is 4.79 Å². The monoisotopic (exact) mass is 259 g/mol. The molecule has 1 heterocycles. The molecule has 18 heavy (non-hydrogen) atoms. The Balaban J connectivity index is 2.27. The van der Waals surface area contributed by atoms with Crippen molar-refractivity contribution in [1.29, 1.82) is 0 Å².